The van der Waals surface area contributed by atoms with Crippen LogP contribution in [-0.4, -0.2) is 55.9 Å². The smallest absolute Gasteiger partial charge is 0.335 e. The van der Waals surface area contributed by atoms with Crippen LogP contribution < -0.4 is 0 Å². The van der Waals surface area contributed by atoms with Crippen LogP contribution in [0, 0.1) is 0 Å². The van der Waals surface area contributed by atoms with Crippen molar-refractivity contribution in [3.8, 4) is 66.8 Å². The molecule has 0 aliphatic heterocycles. The first kappa shape index (κ1) is 40.4. The van der Waals surface area contributed by atoms with Crippen molar-refractivity contribution >= 4 is 35.4 Å². The molecule has 0 bridgehead atoms. The van der Waals surface area contributed by atoms with E-state index >= 15 is 9.59 Å². The summed E-state index contributed by atoms with van der Waals surface area (Å²) in [5.74, 6) is -5.07. The van der Waals surface area contributed by atoms with E-state index in [-0.39, 0.29) is 56.1 Å². The molecule has 0 unspecified atom stereocenters. The highest BCUT2D eigenvalue weighted by Gasteiger charge is 2.29. The minimum absolute atomic E-state index is 0.0975. The fraction of sp³-hybridized carbons (Fsp3) is 0. The number of carboxylic acid groups (broad SMARTS) is 4. The van der Waals surface area contributed by atoms with E-state index in [2.05, 4.69) is 0 Å². The van der Waals surface area contributed by atoms with Crippen LogP contribution in [0.3, 0.4) is 0 Å². The van der Waals surface area contributed by atoms with Crippen molar-refractivity contribution < 1.29 is 49.2 Å². The van der Waals surface area contributed by atoms with Gasteiger partial charge in [0.25, 0.3) is 0 Å². The van der Waals surface area contributed by atoms with E-state index in [0.717, 1.165) is 0 Å². The van der Waals surface area contributed by atoms with Gasteiger partial charge in [0.1, 0.15) is 0 Å². The highest BCUT2D eigenvalue weighted by molar-refractivity contribution is 6.23. The molecule has 0 saturated heterocycles. The minimum Gasteiger partial charge on any atom is -0.478 e. The third-order valence-corrected chi connectivity index (χ3v) is 11.5. The number of carbonyl (C=O) groups excluding carboxylic acids is 2. The second-order valence-electron chi connectivity index (χ2n) is 15.2. The molecule has 10 nitrogen and oxygen atoms in total. The van der Waals surface area contributed by atoms with Gasteiger partial charge in [-0.25, -0.2) is 19.2 Å². The maximum atomic E-state index is 15.4. The Morgan fingerprint density at radius 1 is 0.234 bits per heavy atom. The van der Waals surface area contributed by atoms with Crippen molar-refractivity contribution in [2.75, 3.05) is 0 Å². The summed E-state index contributed by atoms with van der Waals surface area (Å²) in [6.45, 7) is 0. The van der Waals surface area contributed by atoms with Gasteiger partial charge in [-0.05, 0) is 164 Å². The molecule has 64 heavy (non-hydrogen) atoms. The molecule has 0 heterocycles. The first-order chi connectivity index (χ1) is 30.8. The van der Waals surface area contributed by atoms with Gasteiger partial charge in [-0.1, -0.05) is 72.8 Å². The largest absolute Gasteiger partial charge is 0.478 e. The summed E-state index contributed by atoms with van der Waals surface area (Å²) < 4.78 is 0. The molecule has 0 aromatic heterocycles. The lowest BCUT2D eigenvalue weighted by Gasteiger charge is -2.22. The molecule has 0 saturated carbocycles. The van der Waals surface area contributed by atoms with E-state index in [1.807, 2.05) is 0 Å². The van der Waals surface area contributed by atoms with E-state index in [1.165, 1.54) is 48.5 Å². The van der Waals surface area contributed by atoms with Gasteiger partial charge in [0, 0.05) is 22.3 Å². The zero-order valence-electron chi connectivity index (χ0n) is 33.4. The summed E-state index contributed by atoms with van der Waals surface area (Å²) in [6.07, 6.45) is 0. The molecule has 4 N–H and O–H groups in total. The van der Waals surface area contributed by atoms with Crippen molar-refractivity contribution in [1.29, 1.82) is 0 Å². The Labute approximate surface area is 364 Å². The van der Waals surface area contributed by atoms with Gasteiger partial charge >= 0.3 is 23.9 Å². The zero-order chi connectivity index (χ0) is 44.8. The Bertz CT molecular complexity index is 2830. The number of hydrogen-bond acceptors (Lipinski definition) is 6. The van der Waals surface area contributed by atoms with Crippen molar-refractivity contribution in [1.82, 2.24) is 0 Å². The molecule has 0 radical (unpaired) electrons. The quantitative estimate of drug-likeness (QED) is 0.115. The van der Waals surface area contributed by atoms with Crippen LogP contribution in [0.2, 0.25) is 0 Å². The molecule has 1 aliphatic rings. The average Bonchev–Trinajstić information content (AvgIpc) is 3.32. The predicted molar refractivity (Wildman–Crippen MR) is 240 cm³/mol. The molecule has 1 aliphatic carbocycles. The Balaban J connectivity index is 1.31. The van der Waals surface area contributed by atoms with Crippen LogP contribution in [0.5, 0.6) is 0 Å². The van der Waals surface area contributed by atoms with Gasteiger partial charge in [0.05, 0.1) is 22.3 Å². The van der Waals surface area contributed by atoms with E-state index in [1.54, 1.807) is 121 Å². The molecule has 0 atom stereocenters. The fourth-order valence-electron chi connectivity index (χ4n) is 8.09. The minimum atomic E-state index is -1.08. The zero-order valence-corrected chi connectivity index (χ0v) is 33.4. The van der Waals surface area contributed by atoms with Gasteiger partial charge < -0.3 is 20.4 Å². The molecule has 8 aromatic rings. The molecule has 8 aromatic carbocycles. The molecule has 308 valence electrons. The van der Waals surface area contributed by atoms with Crippen LogP contribution in [-0.2, 0) is 0 Å². The number of rotatable bonds is 8. The monoisotopic (exact) mass is 840 g/mol. The Kier molecular flexibility index (Phi) is 10.2. The molecule has 0 spiro atoms. The lowest BCUT2D eigenvalue weighted by molar-refractivity contribution is 0.0686. The Morgan fingerprint density at radius 2 is 0.406 bits per heavy atom. The summed E-state index contributed by atoms with van der Waals surface area (Å²) >= 11 is 0. The lowest BCUT2D eigenvalue weighted by atomic mass is 9.80. The van der Waals surface area contributed by atoms with Crippen molar-refractivity contribution in [2.24, 2.45) is 0 Å². The summed E-state index contributed by atoms with van der Waals surface area (Å²) in [7, 11) is 0. The Hall–Kier alpha value is -9.02. The number of benzene rings is 8. The number of carbonyl (C=O) groups is 6. The molecule has 0 amide bonds. The van der Waals surface area contributed by atoms with E-state index in [4.69, 9.17) is 0 Å². The van der Waals surface area contributed by atoms with Crippen molar-refractivity contribution in [3.63, 3.8) is 0 Å². The van der Waals surface area contributed by atoms with E-state index < -0.39 is 23.9 Å². The summed E-state index contributed by atoms with van der Waals surface area (Å²) in [4.78, 5) is 77.5. The summed E-state index contributed by atoms with van der Waals surface area (Å²) in [5.41, 5.74) is 8.41. The first-order valence-electron chi connectivity index (χ1n) is 19.9. The highest BCUT2D eigenvalue weighted by atomic mass is 16.4. The average molecular weight is 841 g/mol. The van der Waals surface area contributed by atoms with Gasteiger partial charge in [-0.15, -0.1) is 0 Å². The van der Waals surface area contributed by atoms with Crippen LogP contribution in [0.4, 0.5) is 0 Å². The normalized spacial score (nSPS) is 11.7. The van der Waals surface area contributed by atoms with E-state index in [0.29, 0.717) is 66.8 Å². The standard InChI is InChI=1S/C54H32O10/c55-49-41-21-17-37(29-1-9-33(10-2-29)51(57)58)25-45(41)46-26-38(30-3-11-34(12-4-30)52(59)60)18-22-42(46)50(56)44-24-20-40(32-7-15-36(16-8-32)54(63)64)28-48(44)47-27-39(19-23-43(47)49)31-5-13-35(14-6-31)53(61)62/h1-28H,(H,57,58)(H,59,60)(H,61,62)(H,63,64). The molecular formula is C54H32O10. The summed E-state index contributed by atoms with van der Waals surface area (Å²) in [5, 5.41) is 38.2. The number of carboxylic acids is 4. The van der Waals surface area contributed by atoms with Gasteiger partial charge in [0.15, 0.2) is 11.6 Å². The molecule has 10 heteroatoms. The van der Waals surface area contributed by atoms with Gasteiger partial charge in [-0.2, -0.15) is 0 Å². The van der Waals surface area contributed by atoms with Crippen LogP contribution in [0.15, 0.2) is 170 Å². The third-order valence-electron chi connectivity index (χ3n) is 11.5. The van der Waals surface area contributed by atoms with E-state index in [9.17, 15) is 39.6 Å². The topological polar surface area (TPSA) is 183 Å². The second-order valence-corrected chi connectivity index (χ2v) is 15.2. The van der Waals surface area contributed by atoms with Crippen molar-refractivity contribution in [3.05, 3.63) is 214 Å². The number of fused-ring (bicyclic) bond motifs is 6. The maximum absolute atomic E-state index is 15.4. The highest BCUT2D eigenvalue weighted by Crippen LogP contribution is 2.42. The summed E-state index contributed by atoms with van der Waals surface area (Å²) in [6, 6.07) is 46.2. The fourth-order valence-corrected chi connectivity index (χ4v) is 8.09. The van der Waals surface area contributed by atoms with Gasteiger partial charge in [0.2, 0.25) is 0 Å². The van der Waals surface area contributed by atoms with Crippen LogP contribution >= 0.6 is 0 Å². The van der Waals surface area contributed by atoms with Crippen LogP contribution in [0.25, 0.3) is 66.8 Å². The molecule has 0 fully saturated rings. The number of aromatic carboxylic acids is 4. The molecular weight excluding hydrogens is 809 g/mol. The first-order valence-corrected chi connectivity index (χ1v) is 19.9. The number of ketones is 2. The Morgan fingerprint density at radius 3 is 0.578 bits per heavy atom. The van der Waals surface area contributed by atoms with Crippen LogP contribution in [0.1, 0.15) is 73.3 Å². The molecule has 9 rings (SSSR count). The maximum Gasteiger partial charge on any atom is 0.335 e. The van der Waals surface area contributed by atoms with Crippen molar-refractivity contribution in [2.45, 2.75) is 0 Å². The SMILES string of the molecule is O=C(O)c1ccc(-c2ccc3c(c2)-c2cc(-c4ccc(C(=O)O)cc4)ccc2C(=O)c2ccc(-c4ccc(C(=O)O)cc4)cc2-c2cc(-c4ccc(C(=O)O)cc4)ccc2C3=O)cc1. The number of hydrogen-bond donors (Lipinski definition) is 4. The third kappa shape index (κ3) is 7.41. The lowest BCUT2D eigenvalue weighted by Crippen LogP contribution is -2.13. The predicted octanol–water partition coefficient (Wildman–Crippen LogP) is 11.3. The van der Waals surface area contributed by atoms with Gasteiger partial charge in [-0.3, -0.25) is 9.59 Å². The second kappa shape index (κ2) is 16.1.